The van der Waals surface area contributed by atoms with Gasteiger partial charge in [-0.3, -0.25) is 8.98 Å². The third-order valence-corrected chi connectivity index (χ3v) is 5.00. The summed E-state index contributed by atoms with van der Waals surface area (Å²) >= 11 is 0. The van der Waals surface area contributed by atoms with Crippen LogP contribution in [0.4, 0.5) is 0 Å². The topological polar surface area (TPSA) is 63.7 Å². The van der Waals surface area contributed by atoms with E-state index >= 15 is 0 Å². The van der Waals surface area contributed by atoms with Gasteiger partial charge in [0, 0.05) is 18.7 Å². The molecule has 1 heterocycles. The smallest absolute Gasteiger partial charge is 0.267 e. The SMILES string of the molecule is COS(=O)(=O)CC1CCN(C(=O)c2ccccc2)CC1. The zero-order chi connectivity index (χ0) is 14.6. The molecule has 0 spiro atoms. The number of carbonyl (C=O) groups excluding carboxylic acids is 1. The Kier molecular flexibility index (Phi) is 4.77. The van der Waals surface area contributed by atoms with Gasteiger partial charge in [-0.1, -0.05) is 18.2 Å². The maximum Gasteiger partial charge on any atom is 0.267 e. The van der Waals surface area contributed by atoms with Crippen molar-refractivity contribution in [3.05, 3.63) is 35.9 Å². The van der Waals surface area contributed by atoms with Crippen molar-refractivity contribution in [1.82, 2.24) is 4.90 Å². The number of likely N-dealkylation sites (tertiary alicyclic amines) is 1. The number of piperidine rings is 1. The normalized spacial score (nSPS) is 17.1. The molecule has 20 heavy (non-hydrogen) atoms. The predicted octanol–water partition coefficient (Wildman–Crippen LogP) is 1.51. The van der Waals surface area contributed by atoms with Crippen LogP contribution in [0.3, 0.4) is 0 Å². The number of rotatable bonds is 4. The van der Waals surface area contributed by atoms with Crippen LogP contribution in [0.2, 0.25) is 0 Å². The second-order valence-corrected chi connectivity index (χ2v) is 6.77. The van der Waals surface area contributed by atoms with E-state index in [0.29, 0.717) is 31.5 Å². The summed E-state index contributed by atoms with van der Waals surface area (Å²) in [6.07, 6.45) is 1.39. The summed E-state index contributed by atoms with van der Waals surface area (Å²) in [6.45, 7) is 1.19. The van der Waals surface area contributed by atoms with Crippen molar-refractivity contribution in [1.29, 1.82) is 0 Å². The third kappa shape index (κ3) is 3.80. The monoisotopic (exact) mass is 297 g/mol. The maximum atomic E-state index is 12.2. The van der Waals surface area contributed by atoms with Gasteiger partial charge in [0.05, 0.1) is 12.9 Å². The van der Waals surface area contributed by atoms with E-state index in [1.54, 1.807) is 17.0 Å². The van der Waals surface area contributed by atoms with Gasteiger partial charge < -0.3 is 4.90 Å². The summed E-state index contributed by atoms with van der Waals surface area (Å²) in [5.74, 6) is 0.120. The minimum Gasteiger partial charge on any atom is -0.339 e. The molecular weight excluding hydrogens is 278 g/mol. The fourth-order valence-electron chi connectivity index (χ4n) is 2.42. The van der Waals surface area contributed by atoms with Crippen LogP contribution in [0.5, 0.6) is 0 Å². The van der Waals surface area contributed by atoms with Crippen molar-refractivity contribution in [3.63, 3.8) is 0 Å². The zero-order valence-electron chi connectivity index (χ0n) is 11.5. The lowest BCUT2D eigenvalue weighted by atomic mass is 9.98. The Bertz CT molecular complexity index is 548. The first-order valence-corrected chi connectivity index (χ1v) is 8.22. The Hall–Kier alpha value is -1.40. The number of carbonyl (C=O) groups is 1. The van der Waals surface area contributed by atoms with E-state index in [4.69, 9.17) is 0 Å². The molecule has 6 heteroatoms. The Morgan fingerprint density at radius 1 is 1.25 bits per heavy atom. The Labute approximate surface area is 119 Å². The van der Waals surface area contributed by atoms with Crippen LogP contribution >= 0.6 is 0 Å². The second kappa shape index (κ2) is 6.37. The van der Waals surface area contributed by atoms with Crippen LogP contribution < -0.4 is 0 Å². The Morgan fingerprint density at radius 2 is 1.85 bits per heavy atom. The fraction of sp³-hybridized carbons (Fsp3) is 0.500. The summed E-state index contributed by atoms with van der Waals surface area (Å²) in [7, 11) is -2.23. The highest BCUT2D eigenvalue weighted by Gasteiger charge is 2.26. The van der Waals surface area contributed by atoms with Crippen molar-refractivity contribution < 1.29 is 17.4 Å². The van der Waals surface area contributed by atoms with Crippen LogP contribution in [0.1, 0.15) is 23.2 Å². The summed E-state index contributed by atoms with van der Waals surface area (Å²) < 4.78 is 27.3. The van der Waals surface area contributed by atoms with Crippen molar-refractivity contribution >= 4 is 16.0 Å². The first-order chi connectivity index (χ1) is 9.52. The first kappa shape index (κ1) is 15.0. The van der Waals surface area contributed by atoms with Crippen molar-refractivity contribution in [2.24, 2.45) is 5.92 Å². The molecule has 1 aliphatic heterocycles. The van der Waals surface area contributed by atoms with E-state index in [1.807, 2.05) is 18.2 Å². The molecule has 0 unspecified atom stereocenters. The molecule has 0 atom stereocenters. The van der Waals surface area contributed by atoms with Gasteiger partial charge in [0.25, 0.3) is 16.0 Å². The van der Waals surface area contributed by atoms with Gasteiger partial charge in [0.1, 0.15) is 0 Å². The summed E-state index contributed by atoms with van der Waals surface area (Å²) in [5, 5.41) is 0. The molecule has 0 N–H and O–H groups in total. The van der Waals surface area contributed by atoms with Crippen molar-refractivity contribution in [2.45, 2.75) is 12.8 Å². The molecule has 0 aromatic heterocycles. The molecule has 1 fully saturated rings. The molecule has 5 nitrogen and oxygen atoms in total. The zero-order valence-corrected chi connectivity index (χ0v) is 12.3. The molecule has 1 aromatic rings. The second-order valence-electron chi connectivity index (χ2n) is 4.99. The number of hydrogen-bond acceptors (Lipinski definition) is 4. The van der Waals surface area contributed by atoms with Gasteiger partial charge in [-0.15, -0.1) is 0 Å². The van der Waals surface area contributed by atoms with Gasteiger partial charge in [0.15, 0.2) is 0 Å². The van der Waals surface area contributed by atoms with Crippen LogP contribution in [0.25, 0.3) is 0 Å². The molecule has 0 bridgehead atoms. The largest absolute Gasteiger partial charge is 0.339 e. The highest BCUT2D eigenvalue weighted by Crippen LogP contribution is 2.21. The number of amides is 1. The van der Waals surface area contributed by atoms with E-state index in [9.17, 15) is 13.2 Å². The first-order valence-electron chi connectivity index (χ1n) is 6.64. The molecule has 110 valence electrons. The molecule has 2 rings (SSSR count). The Morgan fingerprint density at radius 3 is 2.40 bits per heavy atom. The lowest BCUT2D eigenvalue weighted by molar-refractivity contribution is 0.0698. The Balaban J connectivity index is 1.90. The number of benzene rings is 1. The quantitative estimate of drug-likeness (QED) is 0.790. The van der Waals surface area contributed by atoms with E-state index < -0.39 is 10.1 Å². The van der Waals surface area contributed by atoms with Gasteiger partial charge in [0.2, 0.25) is 0 Å². The van der Waals surface area contributed by atoms with E-state index in [-0.39, 0.29) is 17.6 Å². The highest BCUT2D eigenvalue weighted by molar-refractivity contribution is 7.86. The molecule has 0 saturated carbocycles. The van der Waals surface area contributed by atoms with Gasteiger partial charge in [-0.25, -0.2) is 0 Å². The molecule has 1 aliphatic rings. The number of nitrogens with zero attached hydrogens (tertiary/aromatic N) is 1. The van der Waals surface area contributed by atoms with Gasteiger partial charge in [-0.2, -0.15) is 8.42 Å². The summed E-state index contributed by atoms with van der Waals surface area (Å²) in [5.41, 5.74) is 0.676. The van der Waals surface area contributed by atoms with E-state index in [2.05, 4.69) is 4.18 Å². The van der Waals surface area contributed by atoms with E-state index in [0.717, 1.165) is 0 Å². The lowest BCUT2D eigenvalue weighted by Crippen LogP contribution is -2.40. The van der Waals surface area contributed by atoms with Gasteiger partial charge >= 0.3 is 0 Å². The van der Waals surface area contributed by atoms with Crippen molar-refractivity contribution in [2.75, 3.05) is 26.0 Å². The lowest BCUT2D eigenvalue weighted by Gasteiger charge is -2.31. The highest BCUT2D eigenvalue weighted by atomic mass is 32.2. The predicted molar refractivity (Wildman–Crippen MR) is 75.9 cm³/mol. The molecule has 1 amide bonds. The average molecular weight is 297 g/mol. The average Bonchev–Trinajstić information content (AvgIpc) is 2.48. The van der Waals surface area contributed by atoms with Crippen LogP contribution in [-0.4, -0.2) is 45.2 Å². The number of hydrogen-bond donors (Lipinski definition) is 0. The maximum absolute atomic E-state index is 12.2. The molecular formula is C14H19NO4S. The summed E-state index contributed by atoms with van der Waals surface area (Å²) in [6, 6.07) is 9.14. The third-order valence-electron chi connectivity index (χ3n) is 3.62. The summed E-state index contributed by atoms with van der Waals surface area (Å²) in [4.78, 5) is 14.0. The van der Waals surface area contributed by atoms with Gasteiger partial charge in [-0.05, 0) is 30.9 Å². The van der Waals surface area contributed by atoms with Crippen LogP contribution in [0.15, 0.2) is 30.3 Å². The molecule has 1 saturated heterocycles. The fourth-order valence-corrected chi connectivity index (χ4v) is 3.47. The van der Waals surface area contributed by atoms with Crippen molar-refractivity contribution in [3.8, 4) is 0 Å². The van der Waals surface area contributed by atoms with Crippen LogP contribution in [-0.2, 0) is 14.3 Å². The standard InChI is InChI=1S/C14H19NO4S/c1-19-20(17,18)11-12-7-9-15(10-8-12)14(16)13-5-3-2-4-6-13/h2-6,12H,7-11H2,1H3. The minimum atomic E-state index is -3.41. The van der Waals surface area contributed by atoms with E-state index in [1.165, 1.54) is 7.11 Å². The molecule has 1 aromatic carbocycles. The molecule has 0 radical (unpaired) electrons. The van der Waals surface area contributed by atoms with Crippen LogP contribution in [0, 0.1) is 5.92 Å². The molecule has 0 aliphatic carbocycles. The minimum absolute atomic E-state index is 0.0126.